The highest BCUT2D eigenvalue weighted by Crippen LogP contribution is 2.36. The van der Waals surface area contributed by atoms with Gasteiger partial charge in [-0.05, 0) is 12.0 Å². The third kappa shape index (κ3) is 4.75. The van der Waals surface area contributed by atoms with Crippen LogP contribution in [0, 0.1) is 23.3 Å². The lowest BCUT2D eigenvalue weighted by molar-refractivity contribution is -0.888. The van der Waals surface area contributed by atoms with E-state index >= 15 is 0 Å². The van der Waals surface area contributed by atoms with Gasteiger partial charge in [-0.1, -0.05) is 12.0 Å². The average Bonchev–Trinajstić information content (AvgIpc) is 2.51. The van der Waals surface area contributed by atoms with Crippen molar-refractivity contribution < 1.29 is 35.0 Å². The van der Waals surface area contributed by atoms with Gasteiger partial charge in [0.2, 0.25) is 0 Å². The molecule has 0 aliphatic carbocycles. The zero-order chi connectivity index (χ0) is 20.3. The Labute approximate surface area is 147 Å². The molecule has 13 heteroatoms. The highest BCUT2D eigenvalue weighted by atomic mass is 32.2. The van der Waals surface area contributed by atoms with Crippen LogP contribution in [-0.4, -0.2) is 51.2 Å². The second-order valence-corrected chi connectivity index (χ2v) is 7.41. The fraction of sp³-hybridized carbons (Fsp3) is 0.538. The summed E-state index contributed by atoms with van der Waals surface area (Å²) < 4.78 is 88.6. The molecule has 0 atom stereocenters. The van der Waals surface area contributed by atoms with Crippen LogP contribution in [0.5, 0.6) is 0 Å². The SMILES string of the molecule is CCC[N+](C)(C)CCN(c1c(F)c(F)c(N=[N+]=[N-])c(F)c1F)S(=O)(=O)O. The van der Waals surface area contributed by atoms with Crippen molar-refractivity contribution in [2.75, 3.05) is 38.0 Å². The van der Waals surface area contributed by atoms with Crippen LogP contribution in [0.1, 0.15) is 13.3 Å². The van der Waals surface area contributed by atoms with Crippen LogP contribution in [0.4, 0.5) is 28.9 Å². The molecular weight excluding hydrogens is 382 g/mol. The molecule has 0 aliphatic heterocycles. The lowest BCUT2D eigenvalue weighted by Crippen LogP contribution is -2.47. The fourth-order valence-electron chi connectivity index (χ4n) is 2.38. The fourth-order valence-corrected chi connectivity index (χ4v) is 3.08. The quantitative estimate of drug-likeness (QED) is 0.138. The lowest BCUT2D eigenvalue weighted by atomic mass is 10.2. The molecule has 1 aromatic carbocycles. The minimum Gasteiger partial charge on any atom is -0.327 e. The number of quaternary nitrogens is 1. The zero-order valence-electron chi connectivity index (χ0n) is 14.2. The van der Waals surface area contributed by atoms with Crippen molar-refractivity contribution >= 4 is 21.7 Å². The van der Waals surface area contributed by atoms with Crippen LogP contribution in [0.2, 0.25) is 0 Å². The first-order chi connectivity index (χ1) is 11.9. The van der Waals surface area contributed by atoms with Crippen molar-refractivity contribution in [1.29, 1.82) is 0 Å². The van der Waals surface area contributed by atoms with E-state index in [1.54, 1.807) is 14.1 Å². The Hall–Kier alpha value is -2.08. The maximum Gasteiger partial charge on any atom is 0.360 e. The summed E-state index contributed by atoms with van der Waals surface area (Å²) in [7, 11) is -1.86. The van der Waals surface area contributed by atoms with Gasteiger partial charge in [-0.15, -0.1) is 0 Å². The van der Waals surface area contributed by atoms with E-state index in [0.29, 0.717) is 13.0 Å². The molecule has 0 bridgehead atoms. The third-order valence-electron chi connectivity index (χ3n) is 3.63. The molecular formula is C13H18F4N5O3S+. The highest BCUT2D eigenvalue weighted by molar-refractivity contribution is 7.87. The second-order valence-electron chi connectivity index (χ2n) is 6.08. The van der Waals surface area contributed by atoms with E-state index in [1.165, 1.54) is 0 Å². The molecule has 0 aromatic heterocycles. The number of likely N-dealkylation sites (N-methyl/N-ethyl adjacent to an activating group) is 1. The van der Waals surface area contributed by atoms with Gasteiger partial charge < -0.3 is 4.48 Å². The van der Waals surface area contributed by atoms with E-state index in [-0.39, 0.29) is 15.3 Å². The summed E-state index contributed by atoms with van der Waals surface area (Å²) in [6, 6.07) is 0. The molecule has 0 saturated heterocycles. The number of rotatable bonds is 8. The van der Waals surface area contributed by atoms with Gasteiger partial charge in [0.1, 0.15) is 11.4 Å². The molecule has 0 radical (unpaired) electrons. The summed E-state index contributed by atoms with van der Waals surface area (Å²) >= 11 is 0. The zero-order valence-corrected chi connectivity index (χ0v) is 15.1. The monoisotopic (exact) mass is 400 g/mol. The molecule has 0 saturated carbocycles. The van der Waals surface area contributed by atoms with Gasteiger partial charge in [0.25, 0.3) is 0 Å². The van der Waals surface area contributed by atoms with Gasteiger partial charge in [0.15, 0.2) is 23.3 Å². The molecule has 26 heavy (non-hydrogen) atoms. The average molecular weight is 400 g/mol. The van der Waals surface area contributed by atoms with Gasteiger partial charge in [0.05, 0.1) is 33.7 Å². The van der Waals surface area contributed by atoms with Crippen LogP contribution in [0.15, 0.2) is 5.11 Å². The molecule has 1 N–H and O–H groups in total. The molecule has 1 aromatic rings. The van der Waals surface area contributed by atoms with Crippen molar-refractivity contribution in [3.63, 3.8) is 0 Å². The van der Waals surface area contributed by atoms with Crippen molar-refractivity contribution in [2.24, 2.45) is 5.11 Å². The predicted octanol–water partition coefficient (Wildman–Crippen LogP) is 3.28. The Bertz CT molecular complexity index is 812. The molecule has 0 fully saturated rings. The maximum absolute atomic E-state index is 14.2. The van der Waals surface area contributed by atoms with Crippen LogP contribution in [-0.2, 0) is 10.3 Å². The summed E-state index contributed by atoms with van der Waals surface area (Å²) in [5.74, 6) is -8.37. The van der Waals surface area contributed by atoms with Crippen LogP contribution in [0.3, 0.4) is 0 Å². The van der Waals surface area contributed by atoms with Crippen LogP contribution in [0.25, 0.3) is 10.4 Å². The second kappa shape index (κ2) is 8.08. The molecule has 0 aliphatic rings. The standard InChI is InChI=1S/C13H17F4N5O3S/c1-4-6-22(2,3)7-5-21(26(23,24)25)13-10(16)8(14)12(19-20-18)9(15)11(13)17/h4-7H2,1-3H3/p+1. The number of nitrogens with zero attached hydrogens (tertiary/aromatic N) is 5. The van der Waals surface area contributed by atoms with E-state index < -0.39 is 51.5 Å². The van der Waals surface area contributed by atoms with Gasteiger partial charge in [-0.3, -0.25) is 4.55 Å². The van der Waals surface area contributed by atoms with Gasteiger partial charge in [-0.2, -0.15) is 8.42 Å². The Balaban J connectivity index is 3.53. The Morgan fingerprint density at radius 1 is 1.12 bits per heavy atom. The normalized spacial score (nSPS) is 12.0. The number of hydrogen-bond donors (Lipinski definition) is 1. The van der Waals surface area contributed by atoms with Crippen LogP contribution < -0.4 is 4.31 Å². The first-order valence-electron chi connectivity index (χ1n) is 7.35. The first-order valence-corrected chi connectivity index (χ1v) is 8.75. The number of halogens is 4. The number of benzene rings is 1. The van der Waals surface area contributed by atoms with Gasteiger partial charge >= 0.3 is 10.3 Å². The van der Waals surface area contributed by atoms with Gasteiger partial charge in [-0.25, -0.2) is 21.9 Å². The van der Waals surface area contributed by atoms with E-state index in [0.717, 1.165) is 0 Å². The van der Waals surface area contributed by atoms with Crippen LogP contribution >= 0.6 is 0 Å². The van der Waals surface area contributed by atoms with Crippen molar-refractivity contribution in [2.45, 2.75) is 13.3 Å². The minimum atomic E-state index is -5.25. The van der Waals surface area contributed by atoms with E-state index in [1.807, 2.05) is 6.92 Å². The van der Waals surface area contributed by atoms with Crippen molar-refractivity contribution in [1.82, 2.24) is 0 Å². The largest absolute Gasteiger partial charge is 0.360 e. The smallest absolute Gasteiger partial charge is 0.327 e. The van der Waals surface area contributed by atoms with Gasteiger partial charge in [0, 0.05) is 4.91 Å². The topological polar surface area (TPSA) is 106 Å². The molecule has 8 nitrogen and oxygen atoms in total. The number of azide groups is 1. The summed E-state index contributed by atoms with van der Waals surface area (Å²) in [4.78, 5) is 2.05. The third-order valence-corrected chi connectivity index (χ3v) is 4.55. The summed E-state index contributed by atoms with van der Waals surface area (Å²) in [5.41, 5.74) is 5.01. The number of hydrogen-bond acceptors (Lipinski definition) is 3. The van der Waals surface area contributed by atoms with Crippen molar-refractivity contribution in [3.8, 4) is 0 Å². The Morgan fingerprint density at radius 3 is 2.00 bits per heavy atom. The first kappa shape index (κ1) is 22.0. The molecule has 0 spiro atoms. The highest BCUT2D eigenvalue weighted by Gasteiger charge is 2.34. The summed E-state index contributed by atoms with van der Waals surface area (Å²) in [6.45, 7) is 1.76. The molecule has 146 valence electrons. The lowest BCUT2D eigenvalue weighted by Gasteiger charge is -2.32. The molecule has 0 heterocycles. The van der Waals surface area contributed by atoms with E-state index in [4.69, 9.17) is 5.53 Å². The van der Waals surface area contributed by atoms with Crippen molar-refractivity contribution in [3.05, 3.63) is 33.7 Å². The van der Waals surface area contributed by atoms with E-state index in [9.17, 15) is 30.5 Å². The maximum atomic E-state index is 14.2. The Morgan fingerprint density at radius 2 is 1.62 bits per heavy atom. The molecule has 1 rings (SSSR count). The molecule has 0 unspecified atom stereocenters. The minimum absolute atomic E-state index is 0.0200. The predicted molar refractivity (Wildman–Crippen MR) is 86.1 cm³/mol. The Kier molecular flexibility index (Phi) is 6.82. The van der Waals surface area contributed by atoms with E-state index in [2.05, 4.69) is 10.0 Å². The number of anilines is 1. The molecule has 0 amide bonds. The summed E-state index contributed by atoms with van der Waals surface area (Å²) in [5, 5.41) is 2.52. The summed E-state index contributed by atoms with van der Waals surface area (Å²) in [6.07, 6.45) is 0.714.